The van der Waals surface area contributed by atoms with Gasteiger partial charge in [0.1, 0.15) is 12.4 Å². The van der Waals surface area contributed by atoms with Gasteiger partial charge >= 0.3 is 0 Å². The number of pyridine rings is 1. The van der Waals surface area contributed by atoms with E-state index in [1.165, 1.54) is 6.39 Å². The largest absolute Gasteiger partial charge is 0.486 e. The molecule has 2 aromatic heterocycles. The lowest BCUT2D eigenvalue weighted by atomic mass is 10.1. The maximum absolute atomic E-state index is 12.7. The number of carbonyl (C=O) groups excluding carboxylic acids is 1. The number of oxazole rings is 1. The average molecular weight is 409 g/mol. The Morgan fingerprint density at radius 3 is 2.79 bits per heavy atom. The van der Waals surface area contributed by atoms with E-state index in [-0.39, 0.29) is 12.3 Å². The summed E-state index contributed by atoms with van der Waals surface area (Å²) in [6.45, 7) is 1.93. The Bertz CT molecular complexity index is 1190. The van der Waals surface area contributed by atoms with E-state index in [4.69, 9.17) is 26.5 Å². The normalized spacial score (nSPS) is 10.8. The molecule has 2 heterocycles. The molecule has 0 bridgehead atoms. The number of hydrogen-bond acceptors (Lipinski definition) is 6. The molecule has 0 unspecified atom stereocenters. The number of ether oxygens (including phenoxy) is 1. The van der Waals surface area contributed by atoms with E-state index in [9.17, 15) is 4.79 Å². The summed E-state index contributed by atoms with van der Waals surface area (Å²) < 4.78 is 11.0. The summed E-state index contributed by atoms with van der Waals surface area (Å²) in [5.74, 6) is 0.506. The summed E-state index contributed by atoms with van der Waals surface area (Å²) in [5.41, 5.74) is 8.99. The molecule has 146 valence electrons. The van der Waals surface area contributed by atoms with E-state index in [1.54, 1.807) is 42.5 Å². The van der Waals surface area contributed by atoms with Gasteiger partial charge in [-0.05, 0) is 55.5 Å². The van der Waals surface area contributed by atoms with Gasteiger partial charge in [-0.2, -0.15) is 0 Å². The van der Waals surface area contributed by atoms with Gasteiger partial charge in [-0.15, -0.1) is 0 Å². The SMILES string of the molecule is Cc1cc(N)c2cc(NC(=O)c3ncoc3COc3ccc(Cl)cc3)ccc2n1. The molecular formula is C21H17ClN4O3. The fourth-order valence-corrected chi connectivity index (χ4v) is 3.02. The number of halogens is 1. The standard InChI is InChI=1S/C21H17ClN4O3/c1-12-8-17(23)16-9-14(4-7-18(16)25-12)26-21(27)20-19(29-11-24-20)10-28-15-5-2-13(22)3-6-15/h2-9,11H,10H2,1H3,(H2,23,25)(H,26,27). The quantitative estimate of drug-likeness (QED) is 0.500. The number of aryl methyl sites for hydroxylation is 1. The van der Waals surface area contributed by atoms with Crippen molar-refractivity contribution in [1.29, 1.82) is 0 Å². The van der Waals surface area contributed by atoms with Crippen molar-refractivity contribution in [2.75, 3.05) is 11.1 Å². The number of benzene rings is 2. The third-order valence-corrected chi connectivity index (χ3v) is 4.52. The van der Waals surface area contributed by atoms with Crippen LogP contribution in [0.3, 0.4) is 0 Å². The van der Waals surface area contributed by atoms with Crippen molar-refractivity contribution in [3.8, 4) is 5.75 Å². The minimum Gasteiger partial charge on any atom is -0.486 e. The topological polar surface area (TPSA) is 103 Å². The smallest absolute Gasteiger partial charge is 0.278 e. The van der Waals surface area contributed by atoms with Crippen molar-refractivity contribution < 1.29 is 13.9 Å². The molecule has 0 atom stereocenters. The van der Waals surface area contributed by atoms with Crippen molar-refractivity contribution in [2.24, 2.45) is 0 Å². The highest BCUT2D eigenvalue weighted by atomic mass is 35.5. The highest BCUT2D eigenvalue weighted by Crippen LogP contribution is 2.25. The first-order valence-electron chi connectivity index (χ1n) is 8.78. The minimum atomic E-state index is -0.411. The van der Waals surface area contributed by atoms with Crippen LogP contribution in [0, 0.1) is 6.92 Å². The first kappa shape index (κ1) is 18.8. The number of fused-ring (bicyclic) bond motifs is 1. The number of rotatable bonds is 5. The van der Waals surface area contributed by atoms with Crippen LogP contribution in [-0.2, 0) is 6.61 Å². The van der Waals surface area contributed by atoms with E-state index in [0.29, 0.717) is 27.9 Å². The number of amides is 1. The van der Waals surface area contributed by atoms with Gasteiger partial charge in [0.05, 0.1) is 5.52 Å². The second-order valence-electron chi connectivity index (χ2n) is 6.41. The van der Waals surface area contributed by atoms with Crippen LogP contribution >= 0.6 is 11.6 Å². The zero-order chi connectivity index (χ0) is 20.4. The van der Waals surface area contributed by atoms with Gasteiger partial charge in [-0.3, -0.25) is 9.78 Å². The Kier molecular flexibility index (Phi) is 5.05. The third kappa shape index (κ3) is 4.14. The Hall–Kier alpha value is -3.58. The van der Waals surface area contributed by atoms with Gasteiger partial charge in [0.15, 0.2) is 17.8 Å². The number of nitrogens with two attached hydrogens (primary N) is 1. The molecule has 0 aliphatic carbocycles. The predicted molar refractivity (Wildman–Crippen MR) is 111 cm³/mol. The van der Waals surface area contributed by atoms with Crippen LogP contribution in [0.15, 0.2) is 59.3 Å². The fourth-order valence-electron chi connectivity index (χ4n) is 2.90. The van der Waals surface area contributed by atoms with Crippen LogP contribution in [0.5, 0.6) is 5.75 Å². The molecule has 0 spiro atoms. The maximum Gasteiger partial charge on any atom is 0.278 e. The van der Waals surface area contributed by atoms with Crippen LogP contribution in [0.25, 0.3) is 10.9 Å². The lowest BCUT2D eigenvalue weighted by Crippen LogP contribution is -2.15. The number of carbonyl (C=O) groups is 1. The number of aromatic nitrogens is 2. The van der Waals surface area contributed by atoms with Crippen molar-refractivity contribution >= 4 is 39.8 Å². The second-order valence-corrected chi connectivity index (χ2v) is 6.84. The Morgan fingerprint density at radius 1 is 1.21 bits per heavy atom. The monoisotopic (exact) mass is 408 g/mol. The van der Waals surface area contributed by atoms with Gasteiger partial charge in [0.25, 0.3) is 5.91 Å². The van der Waals surface area contributed by atoms with Gasteiger partial charge in [-0.1, -0.05) is 11.6 Å². The minimum absolute atomic E-state index is 0.0538. The van der Waals surface area contributed by atoms with Crippen molar-refractivity contribution in [1.82, 2.24) is 9.97 Å². The van der Waals surface area contributed by atoms with Crippen LogP contribution in [-0.4, -0.2) is 15.9 Å². The maximum atomic E-state index is 12.7. The predicted octanol–water partition coefficient (Wildman–Crippen LogP) is 4.60. The van der Waals surface area contributed by atoms with Gasteiger partial charge < -0.3 is 20.2 Å². The summed E-state index contributed by atoms with van der Waals surface area (Å²) in [5, 5.41) is 4.18. The van der Waals surface area contributed by atoms with Crippen molar-refractivity contribution in [3.05, 3.63) is 77.1 Å². The lowest BCUT2D eigenvalue weighted by molar-refractivity contribution is 0.101. The van der Waals surface area contributed by atoms with Gasteiger partial charge in [0, 0.05) is 27.5 Å². The molecule has 0 saturated heterocycles. The Labute approximate surface area is 171 Å². The molecule has 7 nitrogen and oxygen atoms in total. The van der Waals surface area contributed by atoms with E-state index in [1.807, 2.05) is 13.0 Å². The van der Waals surface area contributed by atoms with E-state index in [2.05, 4.69) is 15.3 Å². The van der Waals surface area contributed by atoms with Gasteiger partial charge in [0.2, 0.25) is 0 Å². The number of nitrogen functional groups attached to an aromatic ring is 1. The molecule has 1 amide bonds. The van der Waals surface area contributed by atoms with Crippen LogP contribution < -0.4 is 15.8 Å². The second kappa shape index (κ2) is 7.81. The molecule has 3 N–H and O–H groups in total. The van der Waals surface area contributed by atoms with E-state index >= 15 is 0 Å². The average Bonchev–Trinajstić information content (AvgIpc) is 3.17. The first-order valence-corrected chi connectivity index (χ1v) is 9.16. The zero-order valence-electron chi connectivity index (χ0n) is 15.5. The molecule has 4 aromatic rings. The molecular weight excluding hydrogens is 392 g/mol. The molecule has 0 saturated carbocycles. The molecule has 4 rings (SSSR count). The summed E-state index contributed by atoms with van der Waals surface area (Å²) in [6, 6.07) is 14.0. The Morgan fingerprint density at radius 2 is 2.00 bits per heavy atom. The zero-order valence-corrected chi connectivity index (χ0v) is 16.2. The summed E-state index contributed by atoms with van der Waals surface area (Å²) >= 11 is 5.86. The van der Waals surface area contributed by atoms with Gasteiger partial charge in [-0.25, -0.2) is 4.98 Å². The summed E-state index contributed by atoms with van der Waals surface area (Å²) in [6.07, 6.45) is 1.21. The van der Waals surface area contributed by atoms with Crippen molar-refractivity contribution in [2.45, 2.75) is 13.5 Å². The van der Waals surface area contributed by atoms with Crippen LogP contribution in [0.4, 0.5) is 11.4 Å². The molecule has 2 aromatic carbocycles. The lowest BCUT2D eigenvalue weighted by Gasteiger charge is -2.09. The molecule has 8 heteroatoms. The molecule has 29 heavy (non-hydrogen) atoms. The molecule has 0 aliphatic rings. The summed E-state index contributed by atoms with van der Waals surface area (Å²) in [7, 11) is 0. The first-order chi connectivity index (χ1) is 14.0. The highest BCUT2D eigenvalue weighted by molar-refractivity contribution is 6.30. The van der Waals surface area contributed by atoms with E-state index < -0.39 is 5.91 Å². The highest BCUT2D eigenvalue weighted by Gasteiger charge is 2.18. The third-order valence-electron chi connectivity index (χ3n) is 4.27. The number of nitrogens with one attached hydrogen (secondary N) is 1. The molecule has 0 radical (unpaired) electrons. The number of hydrogen-bond donors (Lipinski definition) is 2. The van der Waals surface area contributed by atoms with Crippen LogP contribution in [0.1, 0.15) is 21.9 Å². The van der Waals surface area contributed by atoms with E-state index in [0.717, 1.165) is 16.6 Å². The van der Waals surface area contributed by atoms with Crippen LogP contribution in [0.2, 0.25) is 5.02 Å². The molecule has 0 fully saturated rings. The number of anilines is 2. The molecule has 0 aliphatic heterocycles. The fraction of sp³-hybridized carbons (Fsp3) is 0.0952. The summed E-state index contributed by atoms with van der Waals surface area (Å²) in [4.78, 5) is 21.1. The van der Waals surface area contributed by atoms with Crippen molar-refractivity contribution in [3.63, 3.8) is 0 Å². The number of nitrogens with zero attached hydrogens (tertiary/aromatic N) is 2. The Balaban J connectivity index is 1.50.